The highest BCUT2D eigenvalue weighted by molar-refractivity contribution is 5.16. The topological polar surface area (TPSA) is 63.0 Å². The average Bonchev–Trinajstić information content (AvgIpc) is 2.70. The van der Waals surface area contributed by atoms with Crippen molar-refractivity contribution in [3.05, 3.63) is 5.89 Å². The van der Waals surface area contributed by atoms with E-state index >= 15 is 0 Å². The number of nitrogens with zero attached hydrogens (tertiary/aromatic N) is 2. The molecule has 5 nitrogen and oxygen atoms in total. The lowest BCUT2D eigenvalue weighted by atomic mass is 10.3. The van der Waals surface area contributed by atoms with E-state index in [1.54, 1.807) is 7.05 Å². The van der Waals surface area contributed by atoms with Gasteiger partial charge in [-0.05, 0) is 20.4 Å². The Morgan fingerprint density at radius 1 is 1.35 bits per heavy atom. The molecule has 1 atom stereocenters. The first-order chi connectivity index (χ1) is 7.92. The summed E-state index contributed by atoms with van der Waals surface area (Å²) in [6, 6.07) is 0.0532. The molecule has 0 aliphatic heterocycles. The van der Waals surface area contributed by atoms with Crippen molar-refractivity contribution in [3.63, 3.8) is 0 Å². The van der Waals surface area contributed by atoms with Gasteiger partial charge in [-0.1, -0.05) is 5.10 Å². The maximum absolute atomic E-state index is 11.8. The molecule has 0 aliphatic carbocycles. The van der Waals surface area contributed by atoms with Gasteiger partial charge in [-0.25, -0.2) is 0 Å². The fraction of sp³-hybridized carbons (Fsp3) is 0.778. The predicted molar refractivity (Wildman–Crippen MR) is 55.6 cm³/mol. The maximum atomic E-state index is 11.8. The van der Waals surface area contributed by atoms with Crippen molar-refractivity contribution in [1.82, 2.24) is 15.5 Å². The largest absolute Gasteiger partial charge is 0.406 e. The molecule has 1 heterocycles. The van der Waals surface area contributed by atoms with Crippen molar-refractivity contribution in [2.75, 3.05) is 18.9 Å². The van der Waals surface area contributed by atoms with Gasteiger partial charge in [0.15, 0.2) is 0 Å². The first-order valence-corrected chi connectivity index (χ1v) is 5.23. The van der Waals surface area contributed by atoms with Crippen LogP contribution in [-0.2, 0) is 0 Å². The molecule has 0 bridgehead atoms. The summed E-state index contributed by atoms with van der Waals surface area (Å²) in [5.74, 6) is 0.394. The monoisotopic (exact) mass is 252 g/mol. The maximum Gasteiger partial charge on any atom is 0.389 e. The van der Waals surface area contributed by atoms with E-state index in [4.69, 9.17) is 4.42 Å². The Morgan fingerprint density at radius 2 is 2.06 bits per heavy atom. The molecule has 1 rings (SSSR count). The number of rotatable bonds is 6. The molecule has 0 saturated heterocycles. The van der Waals surface area contributed by atoms with E-state index in [0.717, 1.165) is 0 Å². The van der Waals surface area contributed by atoms with Gasteiger partial charge in [0.25, 0.3) is 0 Å². The first-order valence-electron chi connectivity index (χ1n) is 5.23. The second-order valence-corrected chi connectivity index (χ2v) is 3.60. The summed E-state index contributed by atoms with van der Waals surface area (Å²) in [4.78, 5) is 0. The van der Waals surface area contributed by atoms with Crippen LogP contribution >= 0.6 is 0 Å². The minimum Gasteiger partial charge on any atom is -0.406 e. The van der Waals surface area contributed by atoms with Crippen molar-refractivity contribution < 1.29 is 17.6 Å². The number of nitrogens with one attached hydrogen (secondary N) is 2. The van der Waals surface area contributed by atoms with E-state index in [-0.39, 0.29) is 25.0 Å². The van der Waals surface area contributed by atoms with Gasteiger partial charge in [0.05, 0.1) is 6.04 Å². The zero-order valence-corrected chi connectivity index (χ0v) is 9.64. The zero-order valence-electron chi connectivity index (χ0n) is 9.64. The van der Waals surface area contributed by atoms with Crippen molar-refractivity contribution in [2.45, 2.75) is 32.0 Å². The second-order valence-electron chi connectivity index (χ2n) is 3.60. The summed E-state index contributed by atoms with van der Waals surface area (Å²) < 4.78 is 40.7. The van der Waals surface area contributed by atoms with Crippen molar-refractivity contribution in [3.8, 4) is 0 Å². The Balaban J connectivity index is 2.30. The third-order valence-corrected chi connectivity index (χ3v) is 2.16. The molecule has 0 aromatic carbocycles. The summed E-state index contributed by atoms with van der Waals surface area (Å²) in [6.45, 7) is 1.98. The van der Waals surface area contributed by atoms with Gasteiger partial charge in [0, 0.05) is 13.0 Å². The molecule has 1 aromatic heterocycles. The molecule has 0 radical (unpaired) electrons. The third-order valence-electron chi connectivity index (χ3n) is 2.16. The number of aromatic nitrogens is 2. The molecule has 0 amide bonds. The minimum absolute atomic E-state index is 0.0250. The van der Waals surface area contributed by atoms with E-state index in [0.29, 0.717) is 5.89 Å². The predicted octanol–water partition coefficient (Wildman–Crippen LogP) is 2.10. The van der Waals surface area contributed by atoms with E-state index in [2.05, 4.69) is 20.8 Å². The highest BCUT2D eigenvalue weighted by Gasteiger charge is 2.25. The zero-order chi connectivity index (χ0) is 12.9. The standard InChI is InChI=1S/C9H15F3N4O/c1-6(13-2)7-15-16-8(17-7)14-5-3-4-9(10,11)12/h6,13H,3-5H2,1-2H3,(H,14,16). The number of alkyl halides is 3. The molecule has 0 fully saturated rings. The lowest BCUT2D eigenvalue weighted by Gasteiger charge is -2.05. The molecule has 17 heavy (non-hydrogen) atoms. The van der Waals surface area contributed by atoms with Gasteiger partial charge in [0.1, 0.15) is 0 Å². The first kappa shape index (κ1) is 13.8. The second kappa shape index (κ2) is 5.85. The van der Waals surface area contributed by atoms with Crippen molar-refractivity contribution in [1.29, 1.82) is 0 Å². The molecular formula is C9H15F3N4O. The van der Waals surface area contributed by atoms with Gasteiger partial charge in [0.2, 0.25) is 5.89 Å². The van der Waals surface area contributed by atoms with Crippen LogP contribution in [0, 0.1) is 0 Å². The van der Waals surface area contributed by atoms with Crippen LogP contribution in [0.3, 0.4) is 0 Å². The van der Waals surface area contributed by atoms with E-state index in [1.165, 1.54) is 0 Å². The molecule has 98 valence electrons. The van der Waals surface area contributed by atoms with E-state index in [9.17, 15) is 13.2 Å². The van der Waals surface area contributed by atoms with Crippen LogP contribution in [0.15, 0.2) is 4.42 Å². The van der Waals surface area contributed by atoms with Gasteiger partial charge in [-0.2, -0.15) is 13.2 Å². The molecular weight excluding hydrogens is 237 g/mol. The van der Waals surface area contributed by atoms with Crippen LogP contribution < -0.4 is 10.6 Å². The number of hydrogen-bond acceptors (Lipinski definition) is 5. The third kappa shape index (κ3) is 5.03. The van der Waals surface area contributed by atoms with Crippen molar-refractivity contribution >= 4 is 6.01 Å². The van der Waals surface area contributed by atoms with Crippen LogP contribution in [0.2, 0.25) is 0 Å². The number of anilines is 1. The molecule has 1 aromatic rings. The Morgan fingerprint density at radius 3 is 2.65 bits per heavy atom. The Hall–Kier alpha value is -1.31. The van der Waals surface area contributed by atoms with Crippen LogP contribution in [0.4, 0.5) is 19.2 Å². The fourth-order valence-electron chi connectivity index (χ4n) is 1.09. The molecule has 2 N–H and O–H groups in total. The SMILES string of the molecule is CNC(C)c1nnc(NCCCC(F)(F)F)o1. The van der Waals surface area contributed by atoms with Crippen LogP contribution in [0.25, 0.3) is 0 Å². The summed E-state index contributed by atoms with van der Waals surface area (Å²) in [5.41, 5.74) is 0. The lowest BCUT2D eigenvalue weighted by Crippen LogP contribution is -2.12. The fourth-order valence-corrected chi connectivity index (χ4v) is 1.09. The number of hydrogen-bond donors (Lipinski definition) is 2. The van der Waals surface area contributed by atoms with Gasteiger partial charge in [-0.3, -0.25) is 0 Å². The summed E-state index contributed by atoms with van der Waals surface area (Å²) in [5, 5.41) is 13.0. The number of halogens is 3. The molecule has 0 spiro atoms. The highest BCUT2D eigenvalue weighted by Crippen LogP contribution is 2.21. The minimum atomic E-state index is -4.12. The molecule has 1 unspecified atom stereocenters. The van der Waals surface area contributed by atoms with E-state index in [1.807, 2.05) is 6.92 Å². The molecule has 8 heteroatoms. The van der Waals surface area contributed by atoms with E-state index < -0.39 is 12.6 Å². The smallest absolute Gasteiger partial charge is 0.389 e. The quantitative estimate of drug-likeness (QED) is 0.759. The molecule has 0 saturated carbocycles. The lowest BCUT2D eigenvalue weighted by molar-refractivity contribution is -0.134. The summed E-state index contributed by atoms with van der Waals surface area (Å²) in [6.07, 6.45) is -4.97. The average molecular weight is 252 g/mol. The van der Waals surface area contributed by atoms with Gasteiger partial charge < -0.3 is 15.1 Å². The highest BCUT2D eigenvalue weighted by atomic mass is 19.4. The Bertz CT molecular complexity index is 339. The van der Waals surface area contributed by atoms with Gasteiger partial charge >= 0.3 is 12.2 Å². The van der Waals surface area contributed by atoms with Gasteiger partial charge in [-0.15, -0.1) is 5.10 Å². The summed E-state index contributed by atoms with van der Waals surface area (Å²) in [7, 11) is 1.74. The summed E-state index contributed by atoms with van der Waals surface area (Å²) >= 11 is 0. The molecule has 0 aliphatic rings. The van der Waals surface area contributed by atoms with Crippen LogP contribution in [0.1, 0.15) is 31.7 Å². The van der Waals surface area contributed by atoms with Crippen molar-refractivity contribution in [2.24, 2.45) is 0 Å². The Labute approximate surface area is 96.8 Å². The van der Waals surface area contributed by atoms with Crippen LogP contribution in [0.5, 0.6) is 0 Å². The Kier molecular flexibility index (Phi) is 4.73. The van der Waals surface area contributed by atoms with Crippen LogP contribution in [-0.4, -0.2) is 30.0 Å². The normalized spacial score (nSPS) is 13.7.